The van der Waals surface area contributed by atoms with E-state index < -0.39 is 0 Å². The predicted molar refractivity (Wildman–Crippen MR) is 97.8 cm³/mol. The fourth-order valence-corrected chi connectivity index (χ4v) is 3.60. The van der Waals surface area contributed by atoms with E-state index >= 15 is 0 Å². The largest absolute Gasteiger partial charge is 0.351 e. The summed E-state index contributed by atoms with van der Waals surface area (Å²) >= 11 is 0. The zero-order valence-electron chi connectivity index (χ0n) is 15.2. The van der Waals surface area contributed by atoms with E-state index in [9.17, 15) is 9.59 Å². The summed E-state index contributed by atoms with van der Waals surface area (Å²) in [7, 11) is 0. The maximum Gasteiger partial charge on any atom is 0.274 e. The van der Waals surface area contributed by atoms with Gasteiger partial charge in [0.25, 0.3) is 5.91 Å². The quantitative estimate of drug-likeness (QED) is 0.885. The molecule has 2 N–H and O–H groups in total. The van der Waals surface area contributed by atoms with E-state index in [1.165, 1.54) is 5.56 Å². The summed E-state index contributed by atoms with van der Waals surface area (Å²) in [5.74, 6) is 0.293. The van der Waals surface area contributed by atoms with Crippen molar-refractivity contribution in [2.24, 2.45) is 5.92 Å². The Morgan fingerprint density at radius 3 is 2.50 bits per heavy atom. The maximum absolute atomic E-state index is 12.8. The minimum Gasteiger partial charge on any atom is -0.351 e. The van der Waals surface area contributed by atoms with E-state index in [0.29, 0.717) is 18.8 Å². The molecule has 6 nitrogen and oxygen atoms in total. The zero-order chi connectivity index (χ0) is 18.3. The molecule has 0 bridgehead atoms. The van der Waals surface area contributed by atoms with Crippen LogP contribution >= 0.6 is 0 Å². The number of H-pyrrole nitrogens is 1. The number of nitrogens with zero attached hydrogens (tertiary/aromatic N) is 2. The molecule has 2 atom stereocenters. The van der Waals surface area contributed by atoms with Crippen molar-refractivity contribution in [3.8, 4) is 0 Å². The van der Waals surface area contributed by atoms with Crippen LogP contribution in [-0.4, -0.2) is 46.0 Å². The first-order chi connectivity index (χ1) is 12.5. The number of amides is 2. The predicted octanol–water partition coefficient (Wildman–Crippen LogP) is 2.16. The number of hydrogen-bond donors (Lipinski definition) is 2. The van der Waals surface area contributed by atoms with Gasteiger partial charge in [-0.2, -0.15) is 5.10 Å². The molecule has 1 aliphatic carbocycles. The average Bonchev–Trinajstić information content (AvgIpc) is 3.27. The number of rotatable bonds is 4. The first-order valence-electron chi connectivity index (χ1n) is 9.19. The third-order valence-corrected chi connectivity index (χ3v) is 5.31. The molecule has 0 radical (unpaired) electrons. The Morgan fingerprint density at radius 1 is 1.15 bits per heavy atom. The summed E-state index contributed by atoms with van der Waals surface area (Å²) in [4.78, 5) is 26.9. The molecule has 1 saturated carbocycles. The summed E-state index contributed by atoms with van der Waals surface area (Å²) in [6.45, 7) is 5.03. The Labute approximate surface area is 153 Å². The topological polar surface area (TPSA) is 78.1 Å². The van der Waals surface area contributed by atoms with Crippen molar-refractivity contribution in [2.45, 2.75) is 38.6 Å². The first kappa shape index (κ1) is 16.8. The Bertz CT molecular complexity index is 823. The number of likely N-dealkylation sites (tertiary alicyclic amines) is 1. The standard InChI is InChI=1S/C20H24N4O2/c1-12-3-5-14(6-4-12)16-10-24(20(26)17-9-13(2)22-23-17)11-18(16)21-19(25)15-7-8-15/h3-6,9,15-16,18H,7-8,10-11H2,1-2H3,(H,21,25)(H,22,23)/t16-,18+/m0/s1. The van der Waals surface area contributed by atoms with Crippen LogP contribution < -0.4 is 5.32 Å². The van der Waals surface area contributed by atoms with Crippen LogP contribution in [0.3, 0.4) is 0 Å². The van der Waals surface area contributed by atoms with Crippen molar-refractivity contribution < 1.29 is 9.59 Å². The molecule has 26 heavy (non-hydrogen) atoms. The van der Waals surface area contributed by atoms with Crippen molar-refractivity contribution in [2.75, 3.05) is 13.1 Å². The minimum absolute atomic E-state index is 0.0604. The van der Waals surface area contributed by atoms with Gasteiger partial charge in [-0.1, -0.05) is 29.8 Å². The number of aryl methyl sites for hydroxylation is 2. The van der Waals surface area contributed by atoms with Gasteiger partial charge in [0.15, 0.2) is 0 Å². The number of carbonyl (C=O) groups excluding carboxylic acids is 2. The second-order valence-electron chi connectivity index (χ2n) is 7.55. The van der Waals surface area contributed by atoms with Gasteiger partial charge in [0, 0.05) is 30.6 Å². The number of carbonyl (C=O) groups is 2. The van der Waals surface area contributed by atoms with Crippen LogP contribution in [-0.2, 0) is 4.79 Å². The molecule has 1 aromatic carbocycles. The Hall–Kier alpha value is -2.63. The summed E-state index contributed by atoms with van der Waals surface area (Å²) in [6, 6.07) is 10.1. The van der Waals surface area contributed by atoms with Gasteiger partial charge in [-0.3, -0.25) is 14.7 Å². The van der Waals surface area contributed by atoms with Crippen molar-refractivity contribution >= 4 is 11.8 Å². The molecule has 1 saturated heterocycles. The van der Waals surface area contributed by atoms with Gasteiger partial charge in [0.2, 0.25) is 5.91 Å². The molecule has 136 valence electrons. The highest BCUT2D eigenvalue weighted by Crippen LogP contribution is 2.32. The average molecular weight is 352 g/mol. The van der Waals surface area contributed by atoms with E-state index in [4.69, 9.17) is 0 Å². The third-order valence-electron chi connectivity index (χ3n) is 5.31. The minimum atomic E-state index is -0.0883. The first-order valence-corrected chi connectivity index (χ1v) is 9.19. The lowest BCUT2D eigenvalue weighted by molar-refractivity contribution is -0.123. The summed E-state index contributed by atoms with van der Waals surface area (Å²) in [5.41, 5.74) is 3.65. The Balaban J connectivity index is 1.55. The van der Waals surface area contributed by atoms with Gasteiger partial charge in [0.1, 0.15) is 5.69 Å². The van der Waals surface area contributed by atoms with Crippen molar-refractivity contribution in [3.05, 3.63) is 52.8 Å². The van der Waals surface area contributed by atoms with Crippen molar-refractivity contribution in [1.82, 2.24) is 20.4 Å². The van der Waals surface area contributed by atoms with Gasteiger partial charge in [0.05, 0.1) is 6.04 Å². The van der Waals surface area contributed by atoms with E-state index in [2.05, 4.69) is 46.7 Å². The summed E-state index contributed by atoms with van der Waals surface area (Å²) in [6.07, 6.45) is 1.95. The molecule has 4 rings (SSSR count). The van der Waals surface area contributed by atoms with E-state index in [1.807, 2.05) is 6.92 Å². The second kappa shape index (κ2) is 6.59. The smallest absolute Gasteiger partial charge is 0.274 e. The van der Waals surface area contributed by atoms with Gasteiger partial charge in [-0.15, -0.1) is 0 Å². The van der Waals surface area contributed by atoms with Crippen LogP contribution in [0.5, 0.6) is 0 Å². The monoisotopic (exact) mass is 352 g/mol. The second-order valence-corrected chi connectivity index (χ2v) is 7.55. The number of benzene rings is 1. The van der Waals surface area contributed by atoms with Crippen molar-refractivity contribution in [3.63, 3.8) is 0 Å². The lowest BCUT2D eigenvalue weighted by Crippen LogP contribution is -2.41. The normalized spacial score (nSPS) is 22.5. The highest BCUT2D eigenvalue weighted by atomic mass is 16.2. The molecule has 0 unspecified atom stereocenters. The molecule has 2 aliphatic rings. The Morgan fingerprint density at radius 2 is 1.88 bits per heavy atom. The molecule has 2 heterocycles. The number of hydrogen-bond acceptors (Lipinski definition) is 3. The van der Waals surface area contributed by atoms with E-state index in [-0.39, 0.29) is 29.7 Å². The lowest BCUT2D eigenvalue weighted by atomic mass is 9.93. The Kier molecular flexibility index (Phi) is 4.26. The molecule has 2 fully saturated rings. The van der Waals surface area contributed by atoms with Crippen molar-refractivity contribution in [1.29, 1.82) is 0 Å². The summed E-state index contributed by atoms with van der Waals surface area (Å²) in [5, 5.41) is 10.1. The highest BCUT2D eigenvalue weighted by molar-refractivity contribution is 5.93. The van der Waals surface area contributed by atoms with Crippen LogP contribution in [0, 0.1) is 19.8 Å². The van der Waals surface area contributed by atoms with Crippen LogP contribution in [0.15, 0.2) is 30.3 Å². The summed E-state index contributed by atoms with van der Waals surface area (Å²) < 4.78 is 0. The van der Waals surface area contributed by atoms with Gasteiger partial charge in [-0.05, 0) is 38.3 Å². The number of aromatic nitrogens is 2. The fraction of sp³-hybridized carbons (Fsp3) is 0.450. The van der Waals surface area contributed by atoms with Gasteiger partial charge < -0.3 is 10.2 Å². The molecule has 0 spiro atoms. The molecule has 6 heteroatoms. The van der Waals surface area contributed by atoms with Crippen LogP contribution in [0.4, 0.5) is 0 Å². The zero-order valence-corrected chi connectivity index (χ0v) is 15.2. The van der Waals surface area contributed by atoms with E-state index in [1.54, 1.807) is 11.0 Å². The number of nitrogens with one attached hydrogen (secondary N) is 2. The molecule has 2 amide bonds. The fourth-order valence-electron chi connectivity index (χ4n) is 3.60. The lowest BCUT2D eigenvalue weighted by Gasteiger charge is -2.20. The third kappa shape index (κ3) is 3.36. The van der Waals surface area contributed by atoms with Gasteiger partial charge in [-0.25, -0.2) is 0 Å². The molecule has 1 aliphatic heterocycles. The molecule has 1 aromatic heterocycles. The van der Waals surface area contributed by atoms with E-state index in [0.717, 1.165) is 24.1 Å². The SMILES string of the molecule is Cc1ccc([C@@H]2CN(C(=O)c3cc(C)[nH]n3)C[C@H]2NC(=O)C2CC2)cc1. The number of aromatic amines is 1. The van der Waals surface area contributed by atoms with Crippen LogP contribution in [0.2, 0.25) is 0 Å². The molecular weight excluding hydrogens is 328 g/mol. The molecule has 2 aromatic rings. The van der Waals surface area contributed by atoms with Crippen LogP contribution in [0.25, 0.3) is 0 Å². The van der Waals surface area contributed by atoms with Crippen LogP contribution in [0.1, 0.15) is 46.1 Å². The van der Waals surface area contributed by atoms with Gasteiger partial charge >= 0.3 is 0 Å². The maximum atomic E-state index is 12.8. The highest BCUT2D eigenvalue weighted by Gasteiger charge is 2.40. The molecular formula is C20H24N4O2.